The highest BCUT2D eigenvalue weighted by atomic mass is 35.5. The van der Waals surface area contributed by atoms with E-state index in [-0.39, 0.29) is 6.03 Å². The zero-order chi connectivity index (χ0) is 17.6. The second-order valence-corrected chi connectivity index (χ2v) is 6.45. The molecule has 0 radical (unpaired) electrons. The molecule has 0 aromatic heterocycles. The third-order valence-electron chi connectivity index (χ3n) is 3.72. The summed E-state index contributed by atoms with van der Waals surface area (Å²) >= 11 is 11.9. The molecule has 1 aliphatic heterocycles. The molecule has 0 fully saturated rings. The molecule has 2 N–H and O–H groups in total. The van der Waals surface area contributed by atoms with Gasteiger partial charge in [0.15, 0.2) is 11.5 Å². The first-order valence-corrected chi connectivity index (χ1v) is 8.71. The minimum absolute atomic E-state index is 0.280. The lowest BCUT2D eigenvalue weighted by molar-refractivity contribution is 0.240. The first-order valence-electron chi connectivity index (χ1n) is 7.96. The summed E-state index contributed by atoms with van der Waals surface area (Å²) < 4.78 is 11.2. The molecule has 0 bridgehead atoms. The third kappa shape index (κ3) is 4.94. The van der Waals surface area contributed by atoms with Gasteiger partial charge in [0.1, 0.15) is 0 Å². The maximum absolute atomic E-state index is 12.0. The van der Waals surface area contributed by atoms with Gasteiger partial charge in [0, 0.05) is 29.6 Å². The Kier molecular flexibility index (Phi) is 5.89. The molecule has 0 unspecified atom stereocenters. The molecule has 0 saturated heterocycles. The predicted molar refractivity (Wildman–Crippen MR) is 97.6 cm³/mol. The highest BCUT2D eigenvalue weighted by molar-refractivity contribution is 6.35. The summed E-state index contributed by atoms with van der Waals surface area (Å²) in [4.78, 5) is 12.0. The molecule has 2 aromatic carbocycles. The van der Waals surface area contributed by atoms with E-state index >= 15 is 0 Å². The quantitative estimate of drug-likeness (QED) is 0.837. The van der Waals surface area contributed by atoms with Crippen LogP contribution in [-0.4, -0.2) is 19.2 Å². The molecule has 0 aliphatic carbocycles. The molecule has 5 nitrogen and oxygen atoms in total. The van der Waals surface area contributed by atoms with Crippen molar-refractivity contribution in [2.45, 2.75) is 19.5 Å². The van der Waals surface area contributed by atoms with Crippen molar-refractivity contribution < 1.29 is 14.3 Å². The maximum atomic E-state index is 12.0. The van der Waals surface area contributed by atoms with Crippen molar-refractivity contribution in [2.24, 2.45) is 0 Å². The van der Waals surface area contributed by atoms with Gasteiger partial charge in [-0.15, -0.1) is 0 Å². The third-order valence-corrected chi connectivity index (χ3v) is 4.31. The molecule has 132 valence electrons. The Morgan fingerprint density at radius 3 is 2.52 bits per heavy atom. The van der Waals surface area contributed by atoms with E-state index in [1.165, 1.54) is 0 Å². The van der Waals surface area contributed by atoms with E-state index in [0.717, 1.165) is 23.3 Å². The zero-order valence-electron chi connectivity index (χ0n) is 13.5. The van der Waals surface area contributed by atoms with E-state index in [1.54, 1.807) is 18.2 Å². The van der Waals surface area contributed by atoms with Crippen molar-refractivity contribution in [1.29, 1.82) is 0 Å². The fourth-order valence-corrected chi connectivity index (χ4v) is 2.88. The second-order valence-electron chi connectivity index (χ2n) is 5.60. The van der Waals surface area contributed by atoms with E-state index in [2.05, 4.69) is 10.6 Å². The normalized spacial score (nSPS) is 13.0. The number of halogens is 2. The van der Waals surface area contributed by atoms with Gasteiger partial charge in [0.2, 0.25) is 0 Å². The van der Waals surface area contributed by atoms with Crippen LogP contribution in [0.4, 0.5) is 4.79 Å². The first kappa shape index (κ1) is 17.7. The minimum atomic E-state index is -0.280. The Labute approximate surface area is 156 Å². The van der Waals surface area contributed by atoms with Crippen LogP contribution in [0.3, 0.4) is 0 Å². The molecule has 0 spiro atoms. The predicted octanol–water partition coefficient (Wildman–Crippen LogP) is 4.15. The van der Waals surface area contributed by atoms with Gasteiger partial charge in [-0.3, -0.25) is 0 Å². The Morgan fingerprint density at radius 1 is 0.960 bits per heavy atom. The second kappa shape index (κ2) is 8.32. The smallest absolute Gasteiger partial charge is 0.315 e. The Morgan fingerprint density at radius 2 is 1.72 bits per heavy atom. The number of ether oxygens (including phenoxy) is 2. The molecule has 0 atom stereocenters. The van der Waals surface area contributed by atoms with E-state index in [9.17, 15) is 4.79 Å². The molecule has 2 amide bonds. The number of urea groups is 1. The summed E-state index contributed by atoms with van der Waals surface area (Å²) in [7, 11) is 0. The molecular formula is C18H18Cl2N2O3. The van der Waals surface area contributed by atoms with Crippen LogP contribution >= 0.6 is 23.2 Å². The van der Waals surface area contributed by atoms with Crippen LogP contribution in [-0.2, 0) is 13.1 Å². The first-order chi connectivity index (χ1) is 12.1. The largest absolute Gasteiger partial charge is 0.490 e. The summed E-state index contributed by atoms with van der Waals surface area (Å²) in [5, 5.41) is 6.66. The van der Waals surface area contributed by atoms with Gasteiger partial charge in [-0.1, -0.05) is 35.3 Å². The summed E-state index contributed by atoms with van der Waals surface area (Å²) in [6.45, 7) is 1.99. The van der Waals surface area contributed by atoms with E-state index < -0.39 is 0 Å². The SMILES string of the molecule is O=C(NCc1ccc2c(c1)OCCCO2)NCc1ccc(Cl)cc1Cl. The lowest BCUT2D eigenvalue weighted by Crippen LogP contribution is -2.34. The zero-order valence-corrected chi connectivity index (χ0v) is 15.0. The van der Waals surface area contributed by atoms with E-state index in [4.69, 9.17) is 32.7 Å². The lowest BCUT2D eigenvalue weighted by atomic mass is 10.2. The monoisotopic (exact) mass is 380 g/mol. The number of hydrogen-bond acceptors (Lipinski definition) is 3. The molecule has 3 rings (SSSR count). The van der Waals surface area contributed by atoms with Crippen molar-refractivity contribution in [2.75, 3.05) is 13.2 Å². The van der Waals surface area contributed by atoms with Gasteiger partial charge in [-0.2, -0.15) is 0 Å². The van der Waals surface area contributed by atoms with Crippen LogP contribution in [0.25, 0.3) is 0 Å². The summed E-state index contributed by atoms with van der Waals surface area (Å²) in [5.41, 5.74) is 1.74. The Balaban J connectivity index is 1.51. The molecule has 1 aliphatic rings. The number of carbonyl (C=O) groups excluding carboxylic acids is 1. The number of amides is 2. The molecule has 1 heterocycles. The van der Waals surface area contributed by atoms with E-state index in [1.807, 2.05) is 18.2 Å². The van der Waals surface area contributed by atoms with Crippen LogP contribution in [0.5, 0.6) is 11.5 Å². The van der Waals surface area contributed by atoms with Gasteiger partial charge in [0.05, 0.1) is 13.2 Å². The number of rotatable bonds is 4. The number of benzene rings is 2. The lowest BCUT2D eigenvalue weighted by Gasteiger charge is -2.11. The highest BCUT2D eigenvalue weighted by Crippen LogP contribution is 2.30. The van der Waals surface area contributed by atoms with Crippen LogP contribution in [0.1, 0.15) is 17.5 Å². The van der Waals surface area contributed by atoms with Crippen LogP contribution in [0.2, 0.25) is 10.0 Å². The highest BCUT2D eigenvalue weighted by Gasteiger charge is 2.11. The number of nitrogens with one attached hydrogen (secondary N) is 2. The van der Waals surface area contributed by atoms with Crippen LogP contribution in [0, 0.1) is 0 Å². The number of carbonyl (C=O) groups is 1. The number of hydrogen-bond donors (Lipinski definition) is 2. The Bertz CT molecular complexity index is 768. The topological polar surface area (TPSA) is 59.6 Å². The summed E-state index contributed by atoms with van der Waals surface area (Å²) in [6.07, 6.45) is 0.859. The molecule has 7 heteroatoms. The molecular weight excluding hydrogens is 363 g/mol. The molecule has 0 saturated carbocycles. The van der Waals surface area contributed by atoms with Gasteiger partial charge in [-0.05, 0) is 35.4 Å². The van der Waals surface area contributed by atoms with Gasteiger partial charge in [-0.25, -0.2) is 4.79 Å². The maximum Gasteiger partial charge on any atom is 0.315 e. The van der Waals surface area contributed by atoms with Crippen molar-refractivity contribution in [3.05, 3.63) is 57.6 Å². The van der Waals surface area contributed by atoms with Crippen LogP contribution < -0.4 is 20.1 Å². The van der Waals surface area contributed by atoms with Crippen LogP contribution in [0.15, 0.2) is 36.4 Å². The molecule has 2 aromatic rings. The average molecular weight is 381 g/mol. The fourth-order valence-electron chi connectivity index (χ4n) is 2.40. The molecule has 25 heavy (non-hydrogen) atoms. The van der Waals surface area contributed by atoms with Crippen molar-refractivity contribution in [3.8, 4) is 11.5 Å². The van der Waals surface area contributed by atoms with Gasteiger partial charge in [0.25, 0.3) is 0 Å². The van der Waals surface area contributed by atoms with Gasteiger partial charge < -0.3 is 20.1 Å². The summed E-state index contributed by atoms with van der Waals surface area (Å²) in [5.74, 6) is 1.45. The van der Waals surface area contributed by atoms with Crippen molar-refractivity contribution in [1.82, 2.24) is 10.6 Å². The minimum Gasteiger partial charge on any atom is -0.490 e. The van der Waals surface area contributed by atoms with Crippen molar-refractivity contribution >= 4 is 29.2 Å². The summed E-state index contributed by atoms with van der Waals surface area (Å²) in [6, 6.07) is 10.5. The standard InChI is InChI=1S/C18H18Cl2N2O3/c19-14-4-3-13(15(20)9-14)11-22-18(23)21-10-12-2-5-16-17(8-12)25-7-1-6-24-16/h2-5,8-9H,1,6-7,10-11H2,(H2,21,22,23). The fraction of sp³-hybridized carbons (Fsp3) is 0.278. The average Bonchev–Trinajstić information content (AvgIpc) is 2.84. The van der Waals surface area contributed by atoms with E-state index in [0.29, 0.717) is 42.1 Å². The number of fused-ring (bicyclic) bond motifs is 1. The van der Waals surface area contributed by atoms with Gasteiger partial charge >= 0.3 is 6.03 Å². The Hall–Kier alpha value is -2.11. The van der Waals surface area contributed by atoms with Crippen molar-refractivity contribution in [3.63, 3.8) is 0 Å².